The average Bonchev–Trinajstić information content (AvgIpc) is 2.91. The number of carbonyl (C=O) groups is 2. The van der Waals surface area contributed by atoms with E-state index in [1.807, 2.05) is 55.5 Å². The number of benzene rings is 2. The Morgan fingerprint density at radius 1 is 1.00 bits per heavy atom. The van der Waals surface area contributed by atoms with Gasteiger partial charge in [-0.05, 0) is 49.2 Å². The molecule has 144 valence electrons. The molecule has 0 spiro atoms. The van der Waals surface area contributed by atoms with Crippen molar-refractivity contribution < 1.29 is 9.59 Å². The molecule has 2 aliphatic rings. The van der Waals surface area contributed by atoms with Gasteiger partial charge >= 0.3 is 0 Å². The lowest BCUT2D eigenvalue weighted by molar-refractivity contribution is -0.115. The molecule has 0 aromatic heterocycles. The Balaban J connectivity index is 2.03. The molecular formula is C24H26N2O2. The first kappa shape index (κ1) is 18.5. The van der Waals surface area contributed by atoms with Gasteiger partial charge in [0.2, 0.25) is 0 Å². The molecule has 1 amide bonds. The van der Waals surface area contributed by atoms with E-state index in [0.717, 1.165) is 23.2 Å². The molecule has 0 aliphatic carbocycles. The van der Waals surface area contributed by atoms with Crippen LogP contribution in [-0.2, 0) is 10.2 Å². The number of anilines is 1. The fourth-order valence-corrected chi connectivity index (χ4v) is 4.88. The van der Waals surface area contributed by atoms with Gasteiger partial charge in [0.25, 0.3) is 11.7 Å². The molecule has 0 fully saturated rings. The second-order valence-corrected chi connectivity index (χ2v) is 8.86. The van der Waals surface area contributed by atoms with Crippen molar-refractivity contribution in [2.75, 3.05) is 19.0 Å². The first-order valence-electron chi connectivity index (χ1n) is 9.63. The normalized spacial score (nSPS) is 22.7. The summed E-state index contributed by atoms with van der Waals surface area (Å²) in [5, 5.41) is 0. The van der Waals surface area contributed by atoms with E-state index >= 15 is 0 Å². The highest BCUT2D eigenvalue weighted by atomic mass is 16.2. The molecular weight excluding hydrogens is 348 g/mol. The number of amides is 1. The van der Waals surface area contributed by atoms with Gasteiger partial charge in [-0.1, -0.05) is 49.4 Å². The smallest absolute Gasteiger partial charge is 0.300 e. The van der Waals surface area contributed by atoms with Crippen LogP contribution < -0.4 is 4.90 Å². The van der Waals surface area contributed by atoms with Gasteiger partial charge in [0.05, 0.1) is 11.3 Å². The SMILES string of the molecule is CN(C)/C=C/c1ccc2c3c1C(=O)C(=O)N3C(C)(C)CC2(C)c1ccccc1. The minimum Gasteiger partial charge on any atom is -0.383 e. The van der Waals surface area contributed by atoms with Gasteiger partial charge in [-0.3, -0.25) is 14.5 Å². The third-order valence-electron chi connectivity index (χ3n) is 6.01. The van der Waals surface area contributed by atoms with Crippen molar-refractivity contribution in [2.24, 2.45) is 0 Å². The van der Waals surface area contributed by atoms with E-state index in [1.165, 1.54) is 5.56 Å². The van der Waals surface area contributed by atoms with Crippen LogP contribution in [0.25, 0.3) is 6.08 Å². The Hall–Kier alpha value is -2.88. The molecule has 0 saturated carbocycles. The van der Waals surface area contributed by atoms with Crippen molar-refractivity contribution >= 4 is 23.5 Å². The van der Waals surface area contributed by atoms with Crippen molar-refractivity contribution in [1.29, 1.82) is 0 Å². The highest BCUT2D eigenvalue weighted by Crippen LogP contribution is 2.54. The van der Waals surface area contributed by atoms with Gasteiger partial charge in [0.15, 0.2) is 0 Å². The third kappa shape index (κ3) is 2.51. The average molecular weight is 374 g/mol. The number of ketones is 1. The Kier molecular flexibility index (Phi) is 4.00. The van der Waals surface area contributed by atoms with Crippen LogP contribution in [0.4, 0.5) is 5.69 Å². The van der Waals surface area contributed by atoms with Crippen molar-refractivity contribution in [3.05, 3.63) is 70.9 Å². The molecule has 0 radical (unpaired) electrons. The summed E-state index contributed by atoms with van der Waals surface area (Å²) in [5.74, 6) is -0.817. The molecule has 4 nitrogen and oxygen atoms in total. The monoisotopic (exact) mass is 374 g/mol. The van der Waals surface area contributed by atoms with Crippen molar-refractivity contribution in [3.63, 3.8) is 0 Å². The molecule has 2 aliphatic heterocycles. The summed E-state index contributed by atoms with van der Waals surface area (Å²) in [4.78, 5) is 29.6. The topological polar surface area (TPSA) is 40.6 Å². The zero-order chi connectivity index (χ0) is 20.3. The zero-order valence-corrected chi connectivity index (χ0v) is 17.1. The Morgan fingerprint density at radius 2 is 1.68 bits per heavy atom. The quantitative estimate of drug-likeness (QED) is 0.755. The number of Topliss-reactive ketones (excluding diaryl/α,β-unsaturated/α-hetero) is 1. The summed E-state index contributed by atoms with van der Waals surface area (Å²) in [7, 11) is 3.87. The molecule has 1 unspecified atom stereocenters. The fraction of sp³-hybridized carbons (Fsp3) is 0.333. The Labute approximate surface area is 166 Å². The van der Waals surface area contributed by atoms with Crippen LogP contribution in [0, 0.1) is 0 Å². The minimum absolute atomic E-state index is 0.278. The maximum atomic E-state index is 13.0. The summed E-state index contributed by atoms with van der Waals surface area (Å²) in [6, 6.07) is 14.4. The number of hydrogen-bond acceptors (Lipinski definition) is 3. The largest absolute Gasteiger partial charge is 0.383 e. The summed E-state index contributed by atoms with van der Waals surface area (Å²) in [6.45, 7) is 6.33. The molecule has 0 saturated heterocycles. The lowest BCUT2D eigenvalue weighted by Gasteiger charge is -2.49. The summed E-state index contributed by atoms with van der Waals surface area (Å²) in [6.07, 6.45) is 4.57. The maximum Gasteiger partial charge on any atom is 0.300 e. The van der Waals surface area contributed by atoms with Crippen LogP contribution in [0.3, 0.4) is 0 Å². The summed E-state index contributed by atoms with van der Waals surface area (Å²) >= 11 is 0. The van der Waals surface area contributed by atoms with E-state index in [9.17, 15) is 9.59 Å². The van der Waals surface area contributed by atoms with Crippen molar-refractivity contribution in [1.82, 2.24) is 4.90 Å². The summed E-state index contributed by atoms with van der Waals surface area (Å²) in [5.41, 5.74) is 3.64. The highest BCUT2D eigenvalue weighted by Gasteiger charge is 2.54. The predicted molar refractivity (Wildman–Crippen MR) is 113 cm³/mol. The molecule has 4 heteroatoms. The fourth-order valence-electron chi connectivity index (χ4n) is 4.88. The van der Waals surface area contributed by atoms with Gasteiger partial charge in [-0.2, -0.15) is 0 Å². The molecule has 28 heavy (non-hydrogen) atoms. The van der Waals surface area contributed by atoms with Crippen LogP contribution in [0.2, 0.25) is 0 Å². The van der Waals surface area contributed by atoms with Crippen LogP contribution >= 0.6 is 0 Å². The van der Waals surface area contributed by atoms with Crippen molar-refractivity contribution in [2.45, 2.75) is 38.1 Å². The number of carbonyl (C=O) groups excluding carboxylic acids is 2. The molecule has 0 N–H and O–H groups in total. The first-order chi connectivity index (χ1) is 13.2. The molecule has 2 heterocycles. The molecule has 0 bridgehead atoms. The van der Waals surface area contributed by atoms with Crippen molar-refractivity contribution in [3.8, 4) is 0 Å². The number of rotatable bonds is 3. The number of hydrogen-bond donors (Lipinski definition) is 0. The van der Waals surface area contributed by atoms with Crippen LogP contribution in [0.15, 0.2) is 48.7 Å². The van der Waals surface area contributed by atoms with E-state index in [2.05, 4.69) is 39.0 Å². The van der Waals surface area contributed by atoms with Crippen LogP contribution in [-0.4, -0.2) is 36.2 Å². The van der Waals surface area contributed by atoms with E-state index in [1.54, 1.807) is 4.90 Å². The minimum atomic E-state index is -0.459. The van der Waals surface area contributed by atoms with Crippen LogP contribution in [0.1, 0.15) is 54.2 Å². The van der Waals surface area contributed by atoms with E-state index in [4.69, 9.17) is 0 Å². The lowest BCUT2D eigenvalue weighted by Crippen LogP contribution is -2.54. The zero-order valence-electron chi connectivity index (χ0n) is 17.1. The van der Waals surface area contributed by atoms with Gasteiger partial charge in [-0.15, -0.1) is 0 Å². The van der Waals surface area contributed by atoms with E-state index in [-0.39, 0.29) is 5.41 Å². The second kappa shape index (κ2) is 6.06. The molecule has 4 rings (SSSR count). The van der Waals surface area contributed by atoms with Crippen LogP contribution in [0.5, 0.6) is 0 Å². The Bertz CT molecular complexity index is 1000. The molecule has 2 aromatic rings. The van der Waals surface area contributed by atoms with Gasteiger partial charge in [0, 0.05) is 25.0 Å². The van der Waals surface area contributed by atoms with E-state index in [0.29, 0.717) is 5.56 Å². The molecule has 2 aromatic carbocycles. The predicted octanol–water partition coefficient (Wildman–Crippen LogP) is 4.24. The molecule has 1 atom stereocenters. The van der Waals surface area contributed by atoms with Gasteiger partial charge < -0.3 is 4.90 Å². The first-order valence-corrected chi connectivity index (χ1v) is 9.63. The second-order valence-electron chi connectivity index (χ2n) is 8.86. The van der Waals surface area contributed by atoms with Gasteiger partial charge in [-0.25, -0.2) is 0 Å². The lowest BCUT2D eigenvalue weighted by atomic mass is 9.65. The van der Waals surface area contributed by atoms with Gasteiger partial charge in [0.1, 0.15) is 0 Å². The maximum absolute atomic E-state index is 13.0. The summed E-state index contributed by atoms with van der Waals surface area (Å²) < 4.78 is 0. The standard InChI is InChI=1S/C24H26N2O2/c1-23(2)15-24(3,17-9-7-6-8-10-17)18-12-11-16(13-14-25(4)5)19-20(18)26(23)22(28)21(19)27/h6-14H,15H2,1-5H3/b14-13+. The Morgan fingerprint density at radius 3 is 2.32 bits per heavy atom. The number of nitrogens with zero attached hydrogens (tertiary/aromatic N) is 2. The van der Waals surface area contributed by atoms with E-state index < -0.39 is 17.2 Å². The third-order valence-corrected chi connectivity index (χ3v) is 6.01. The highest BCUT2D eigenvalue weighted by molar-refractivity contribution is 6.53.